The third-order valence-electron chi connectivity index (χ3n) is 5.52. The van der Waals surface area contributed by atoms with E-state index in [9.17, 15) is 4.79 Å². The number of methoxy groups -OCH3 is 2. The number of carbonyl (C=O) groups excluding carboxylic acids is 1. The molecule has 1 amide bonds. The Kier molecular flexibility index (Phi) is 7.61. The van der Waals surface area contributed by atoms with E-state index in [1.807, 2.05) is 20.8 Å². The predicted molar refractivity (Wildman–Crippen MR) is 106 cm³/mol. The summed E-state index contributed by atoms with van der Waals surface area (Å²) in [5.41, 5.74) is -0.469. The van der Waals surface area contributed by atoms with Crippen molar-refractivity contribution in [3.8, 4) is 0 Å². The summed E-state index contributed by atoms with van der Waals surface area (Å²) in [6.45, 7) is 10.2. The average molecular weight is 423 g/mol. The van der Waals surface area contributed by atoms with Gasteiger partial charge in [-0.2, -0.15) is 0 Å². The highest BCUT2D eigenvalue weighted by Gasteiger charge is 2.52. The van der Waals surface area contributed by atoms with Crippen LogP contribution in [-0.4, -0.2) is 93.6 Å². The van der Waals surface area contributed by atoms with E-state index in [0.717, 1.165) is 32.5 Å². The number of ether oxygens (including phenoxy) is 5. The molecule has 8 nitrogen and oxygen atoms in total. The molecule has 0 bridgehead atoms. The van der Waals surface area contributed by atoms with E-state index in [1.165, 1.54) is 0 Å². The Balaban J connectivity index is 0.000000217. The van der Waals surface area contributed by atoms with E-state index in [1.54, 1.807) is 19.1 Å². The molecule has 28 heavy (non-hydrogen) atoms. The van der Waals surface area contributed by atoms with Crippen LogP contribution in [0.25, 0.3) is 0 Å². The quantitative estimate of drug-likeness (QED) is 0.724. The fourth-order valence-corrected chi connectivity index (χ4v) is 3.88. The van der Waals surface area contributed by atoms with Crippen LogP contribution in [0.15, 0.2) is 0 Å². The first kappa shape index (κ1) is 23.6. The molecule has 4 fully saturated rings. The van der Waals surface area contributed by atoms with Crippen LogP contribution < -0.4 is 5.32 Å². The molecule has 4 aliphatic heterocycles. The van der Waals surface area contributed by atoms with E-state index in [2.05, 4.69) is 5.32 Å². The SMILES string of the molecule is CO[C@@H]1COC2(C1)CN(C(=O)OC(C)(C)C)C2.CO[C@H]1COC2(CNC2)C1.Cl. The van der Waals surface area contributed by atoms with Crippen LogP contribution >= 0.6 is 12.4 Å². The van der Waals surface area contributed by atoms with Gasteiger partial charge in [0, 0.05) is 40.2 Å². The summed E-state index contributed by atoms with van der Waals surface area (Å²) in [5, 5.41) is 3.21. The van der Waals surface area contributed by atoms with Crippen molar-refractivity contribution in [1.82, 2.24) is 10.2 Å². The lowest BCUT2D eigenvalue weighted by Gasteiger charge is -2.46. The molecule has 0 unspecified atom stereocenters. The molecular formula is C19H35ClN2O6. The van der Waals surface area contributed by atoms with Crippen LogP contribution in [-0.2, 0) is 23.7 Å². The van der Waals surface area contributed by atoms with Crippen molar-refractivity contribution in [1.29, 1.82) is 0 Å². The zero-order chi connectivity index (χ0) is 19.7. The highest BCUT2D eigenvalue weighted by Crippen LogP contribution is 2.36. The maximum absolute atomic E-state index is 11.7. The minimum absolute atomic E-state index is 0. The maximum atomic E-state index is 11.7. The monoisotopic (exact) mass is 422 g/mol. The fourth-order valence-electron chi connectivity index (χ4n) is 3.88. The van der Waals surface area contributed by atoms with Crippen LogP contribution in [0.3, 0.4) is 0 Å². The molecular weight excluding hydrogens is 388 g/mol. The summed E-state index contributed by atoms with van der Waals surface area (Å²) < 4.78 is 27.1. The molecule has 4 aliphatic rings. The summed E-state index contributed by atoms with van der Waals surface area (Å²) in [6.07, 6.45) is 2.17. The van der Waals surface area contributed by atoms with E-state index >= 15 is 0 Å². The average Bonchev–Trinajstić information content (AvgIpc) is 3.16. The lowest BCUT2D eigenvalue weighted by atomic mass is 9.90. The Hall–Kier alpha value is -0.640. The van der Waals surface area contributed by atoms with Crippen molar-refractivity contribution in [3.05, 3.63) is 0 Å². The zero-order valence-electron chi connectivity index (χ0n) is 17.6. The minimum atomic E-state index is -0.439. The molecule has 1 N–H and O–H groups in total. The first-order valence-electron chi connectivity index (χ1n) is 9.70. The van der Waals surface area contributed by atoms with Crippen LogP contribution in [0.5, 0.6) is 0 Å². The molecule has 4 heterocycles. The highest BCUT2D eigenvalue weighted by atomic mass is 35.5. The normalized spacial score (nSPS) is 29.4. The van der Waals surface area contributed by atoms with Crippen LogP contribution in [0, 0.1) is 0 Å². The molecule has 164 valence electrons. The molecule has 9 heteroatoms. The first-order chi connectivity index (χ1) is 12.7. The van der Waals surface area contributed by atoms with E-state index < -0.39 is 5.60 Å². The molecule has 0 saturated carbocycles. The van der Waals surface area contributed by atoms with Crippen molar-refractivity contribution in [2.24, 2.45) is 0 Å². The Labute approximate surface area is 173 Å². The number of likely N-dealkylation sites (tertiary alicyclic amines) is 1. The maximum Gasteiger partial charge on any atom is 0.410 e. The van der Waals surface area contributed by atoms with Gasteiger partial charge < -0.3 is 33.9 Å². The third kappa shape index (κ3) is 5.49. The van der Waals surface area contributed by atoms with Gasteiger partial charge in [-0.25, -0.2) is 4.79 Å². The summed E-state index contributed by atoms with van der Waals surface area (Å²) in [7, 11) is 3.44. The summed E-state index contributed by atoms with van der Waals surface area (Å²) >= 11 is 0. The first-order valence-corrected chi connectivity index (χ1v) is 9.70. The number of carbonyl (C=O) groups is 1. The van der Waals surface area contributed by atoms with Crippen LogP contribution in [0.4, 0.5) is 4.79 Å². The van der Waals surface area contributed by atoms with Gasteiger partial charge in [0.05, 0.1) is 44.1 Å². The number of amides is 1. The van der Waals surface area contributed by atoms with Gasteiger partial charge in [0.15, 0.2) is 0 Å². The molecule has 0 aromatic rings. The molecule has 0 aromatic heterocycles. The zero-order valence-corrected chi connectivity index (χ0v) is 18.4. The van der Waals surface area contributed by atoms with E-state index in [4.69, 9.17) is 23.7 Å². The molecule has 2 atom stereocenters. The van der Waals surface area contributed by atoms with Gasteiger partial charge in [-0.3, -0.25) is 0 Å². The smallest absolute Gasteiger partial charge is 0.410 e. The van der Waals surface area contributed by atoms with Crippen molar-refractivity contribution in [2.45, 2.75) is 62.6 Å². The summed E-state index contributed by atoms with van der Waals surface area (Å²) in [4.78, 5) is 13.4. The Morgan fingerprint density at radius 1 is 1.00 bits per heavy atom. The lowest BCUT2D eigenvalue weighted by molar-refractivity contribution is -0.109. The molecule has 0 radical (unpaired) electrons. The number of halogens is 1. The largest absolute Gasteiger partial charge is 0.444 e. The Morgan fingerprint density at radius 3 is 1.86 bits per heavy atom. The van der Waals surface area contributed by atoms with Gasteiger partial charge in [0.2, 0.25) is 0 Å². The van der Waals surface area contributed by atoms with Gasteiger partial charge in [0.25, 0.3) is 0 Å². The lowest BCUT2D eigenvalue weighted by Crippen LogP contribution is -2.63. The second-order valence-electron chi connectivity index (χ2n) is 9.05. The van der Waals surface area contributed by atoms with E-state index in [0.29, 0.717) is 25.8 Å². The predicted octanol–water partition coefficient (Wildman–Crippen LogP) is 1.60. The Bertz CT molecular complexity index is 531. The molecule has 2 spiro atoms. The second-order valence-corrected chi connectivity index (χ2v) is 9.05. The number of hydrogen-bond donors (Lipinski definition) is 1. The van der Waals surface area contributed by atoms with Gasteiger partial charge in [-0.05, 0) is 20.8 Å². The highest BCUT2D eigenvalue weighted by molar-refractivity contribution is 5.85. The topological polar surface area (TPSA) is 78.5 Å². The summed E-state index contributed by atoms with van der Waals surface area (Å²) in [6, 6.07) is 0. The second kappa shape index (κ2) is 9.02. The number of hydrogen-bond acceptors (Lipinski definition) is 7. The molecule has 4 rings (SSSR count). The number of nitrogens with zero attached hydrogens (tertiary/aromatic N) is 1. The summed E-state index contributed by atoms with van der Waals surface area (Å²) in [5.74, 6) is 0. The molecule has 0 aliphatic carbocycles. The number of nitrogens with one attached hydrogen (secondary N) is 1. The number of rotatable bonds is 2. The van der Waals surface area contributed by atoms with Crippen LogP contribution in [0.1, 0.15) is 33.6 Å². The van der Waals surface area contributed by atoms with Gasteiger partial charge >= 0.3 is 6.09 Å². The Morgan fingerprint density at radius 2 is 1.50 bits per heavy atom. The standard InChI is InChI=1S/C12H21NO4.C7H13NO2.ClH/c1-11(2,3)17-10(14)13-7-12(8-13)5-9(15-4)6-16-12;1-9-6-2-7(10-3-6)4-8-5-7;/h9H,5-8H2,1-4H3;6,8H,2-5H2,1H3;1H/t9-;6-;/m01./s1. The fraction of sp³-hybridized carbons (Fsp3) is 0.947. The van der Waals surface area contributed by atoms with Crippen molar-refractivity contribution >= 4 is 18.5 Å². The molecule has 4 saturated heterocycles. The van der Waals surface area contributed by atoms with Crippen LogP contribution in [0.2, 0.25) is 0 Å². The van der Waals surface area contributed by atoms with Crippen molar-refractivity contribution in [2.75, 3.05) is 53.6 Å². The van der Waals surface area contributed by atoms with Gasteiger partial charge in [0.1, 0.15) is 11.2 Å². The third-order valence-corrected chi connectivity index (χ3v) is 5.52. The van der Waals surface area contributed by atoms with E-state index in [-0.39, 0.29) is 35.8 Å². The van der Waals surface area contributed by atoms with Gasteiger partial charge in [-0.1, -0.05) is 0 Å². The minimum Gasteiger partial charge on any atom is -0.444 e. The van der Waals surface area contributed by atoms with Crippen molar-refractivity contribution in [3.63, 3.8) is 0 Å². The van der Waals surface area contributed by atoms with Gasteiger partial charge in [-0.15, -0.1) is 12.4 Å². The molecule has 0 aromatic carbocycles. The van der Waals surface area contributed by atoms with Crippen molar-refractivity contribution < 1.29 is 28.5 Å².